The van der Waals surface area contributed by atoms with Crippen molar-refractivity contribution in [3.8, 4) is 11.8 Å². The molecule has 6 nitrogen and oxygen atoms in total. The number of carbonyl (C=O) groups is 1. The first-order valence-electron chi connectivity index (χ1n) is 5.41. The zero-order valence-electron chi connectivity index (χ0n) is 10.0. The Labute approximate surface area is 107 Å². The van der Waals surface area contributed by atoms with Gasteiger partial charge >= 0.3 is 5.69 Å². The van der Waals surface area contributed by atoms with Crippen molar-refractivity contribution in [2.24, 2.45) is 0 Å². The van der Waals surface area contributed by atoms with Crippen LogP contribution >= 0.6 is 0 Å². The van der Waals surface area contributed by atoms with Crippen molar-refractivity contribution in [2.75, 3.05) is 0 Å². The van der Waals surface area contributed by atoms with Crippen LogP contribution in [0.25, 0.3) is 5.69 Å². The summed E-state index contributed by atoms with van der Waals surface area (Å²) in [7, 11) is 0. The van der Waals surface area contributed by atoms with Gasteiger partial charge in [-0.2, -0.15) is 5.26 Å². The fourth-order valence-electron chi connectivity index (χ4n) is 1.71. The van der Waals surface area contributed by atoms with Gasteiger partial charge in [-0.15, -0.1) is 0 Å². The van der Waals surface area contributed by atoms with Crippen molar-refractivity contribution in [3.63, 3.8) is 0 Å². The topological polar surface area (TPSA) is 95.7 Å². The van der Waals surface area contributed by atoms with Gasteiger partial charge in [0.05, 0.1) is 16.8 Å². The molecule has 0 spiro atoms. The predicted molar refractivity (Wildman–Crippen MR) is 67.4 cm³/mol. The van der Waals surface area contributed by atoms with Crippen LogP contribution < -0.4 is 11.2 Å². The molecule has 1 heterocycles. The normalized spacial score (nSPS) is 9.89. The molecule has 1 N–H and O–H groups in total. The lowest BCUT2D eigenvalue weighted by Gasteiger charge is -2.07. The third kappa shape index (κ3) is 2.09. The summed E-state index contributed by atoms with van der Waals surface area (Å²) in [4.78, 5) is 37.5. The Morgan fingerprint density at radius 3 is 2.63 bits per heavy atom. The Kier molecular flexibility index (Phi) is 3.12. The number of aromatic nitrogens is 2. The van der Waals surface area contributed by atoms with E-state index in [0.717, 1.165) is 10.8 Å². The van der Waals surface area contributed by atoms with E-state index in [1.54, 1.807) is 12.1 Å². The number of nitriles is 1. The highest BCUT2D eigenvalue weighted by molar-refractivity contribution is 5.93. The number of hydrogen-bond acceptors (Lipinski definition) is 4. The number of para-hydroxylation sites is 1. The van der Waals surface area contributed by atoms with E-state index in [-0.39, 0.29) is 16.8 Å². The smallest absolute Gasteiger partial charge is 0.313 e. The van der Waals surface area contributed by atoms with Gasteiger partial charge in [-0.1, -0.05) is 12.1 Å². The average Bonchev–Trinajstić information content (AvgIpc) is 2.39. The van der Waals surface area contributed by atoms with Crippen LogP contribution in [0.4, 0.5) is 0 Å². The minimum absolute atomic E-state index is 0.132. The monoisotopic (exact) mass is 255 g/mol. The summed E-state index contributed by atoms with van der Waals surface area (Å²) in [6, 6.07) is 8.08. The van der Waals surface area contributed by atoms with Gasteiger partial charge in [-0.05, 0) is 19.1 Å². The van der Waals surface area contributed by atoms with E-state index in [0.29, 0.717) is 0 Å². The molecule has 19 heavy (non-hydrogen) atoms. The van der Waals surface area contributed by atoms with Crippen LogP contribution in [-0.4, -0.2) is 15.3 Å². The molecule has 0 aliphatic carbocycles. The van der Waals surface area contributed by atoms with Gasteiger partial charge in [0.25, 0.3) is 5.56 Å². The van der Waals surface area contributed by atoms with Gasteiger partial charge in [-0.25, -0.2) is 9.36 Å². The number of H-pyrrole nitrogens is 1. The summed E-state index contributed by atoms with van der Waals surface area (Å²) in [5.74, 6) is -0.454. The standard InChI is InChI=1S/C13H9N3O3/c1-8(17)10-7-15-13(19)16(12(10)18)11-5-3-2-4-9(11)6-14/h2-5,7H,1H3,(H,15,19). The van der Waals surface area contributed by atoms with Crippen molar-refractivity contribution >= 4 is 5.78 Å². The Morgan fingerprint density at radius 2 is 2.00 bits per heavy atom. The molecule has 0 saturated carbocycles. The third-order valence-electron chi connectivity index (χ3n) is 2.62. The van der Waals surface area contributed by atoms with E-state index in [4.69, 9.17) is 5.26 Å². The lowest BCUT2D eigenvalue weighted by atomic mass is 10.2. The highest BCUT2D eigenvalue weighted by Gasteiger charge is 2.14. The Hall–Kier alpha value is -2.94. The molecule has 1 aromatic carbocycles. The van der Waals surface area contributed by atoms with E-state index in [2.05, 4.69) is 4.98 Å². The molecule has 0 saturated heterocycles. The number of aromatic amines is 1. The fourth-order valence-corrected chi connectivity index (χ4v) is 1.71. The van der Waals surface area contributed by atoms with Crippen LogP contribution in [0.15, 0.2) is 40.1 Å². The SMILES string of the molecule is CC(=O)c1c[nH]c(=O)n(-c2ccccc2C#N)c1=O. The largest absolute Gasteiger partial charge is 0.333 e. The van der Waals surface area contributed by atoms with Gasteiger partial charge in [0.15, 0.2) is 5.78 Å². The maximum absolute atomic E-state index is 12.1. The molecule has 6 heteroatoms. The van der Waals surface area contributed by atoms with Crippen LogP contribution in [0.2, 0.25) is 0 Å². The number of benzene rings is 1. The zero-order chi connectivity index (χ0) is 14.0. The zero-order valence-corrected chi connectivity index (χ0v) is 10.0. The van der Waals surface area contributed by atoms with Crippen LogP contribution in [0.5, 0.6) is 0 Å². The molecule has 0 aliphatic rings. The molecule has 0 amide bonds. The molecule has 0 atom stereocenters. The summed E-state index contributed by atoms with van der Waals surface area (Å²) in [5, 5.41) is 9.00. The van der Waals surface area contributed by atoms with Crippen LogP contribution in [0, 0.1) is 11.3 Å². The molecule has 2 rings (SSSR count). The molecular formula is C13H9N3O3. The van der Waals surface area contributed by atoms with Crippen LogP contribution in [0.1, 0.15) is 22.8 Å². The van der Waals surface area contributed by atoms with Gasteiger partial charge < -0.3 is 4.98 Å². The van der Waals surface area contributed by atoms with Crippen molar-refractivity contribution in [3.05, 3.63) is 62.4 Å². The van der Waals surface area contributed by atoms with Crippen LogP contribution in [-0.2, 0) is 0 Å². The molecule has 0 unspecified atom stereocenters. The molecule has 1 aromatic heterocycles. The second-order valence-corrected chi connectivity index (χ2v) is 3.83. The summed E-state index contributed by atoms with van der Waals surface area (Å²) >= 11 is 0. The number of Topliss-reactive ketones (excluding diaryl/α,β-unsaturated/α-hetero) is 1. The molecule has 0 aliphatic heterocycles. The van der Waals surface area contributed by atoms with Crippen molar-refractivity contribution < 1.29 is 4.79 Å². The summed E-state index contributed by atoms with van der Waals surface area (Å²) < 4.78 is 0.787. The van der Waals surface area contributed by atoms with Crippen LogP contribution in [0.3, 0.4) is 0 Å². The number of carbonyl (C=O) groups excluding carboxylic acids is 1. The van der Waals surface area contributed by atoms with E-state index in [9.17, 15) is 14.4 Å². The molecule has 0 bridgehead atoms. The summed E-state index contributed by atoms with van der Waals surface area (Å²) in [6.45, 7) is 1.23. The number of nitrogens with one attached hydrogen (secondary N) is 1. The molecular weight excluding hydrogens is 246 g/mol. The van der Waals surface area contributed by atoms with Gasteiger partial charge in [-0.3, -0.25) is 9.59 Å². The number of rotatable bonds is 2. The maximum atomic E-state index is 12.1. The van der Waals surface area contributed by atoms with Gasteiger partial charge in [0.1, 0.15) is 6.07 Å². The minimum atomic E-state index is -0.737. The van der Waals surface area contributed by atoms with E-state index < -0.39 is 17.0 Å². The Bertz CT molecular complexity index is 809. The predicted octanol–water partition coefficient (Wildman–Crippen LogP) is 0.600. The molecule has 0 radical (unpaired) electrons. The quantitative estimate of drug-likeness (QED) is 0.795. The first-order chi connectivity index (χ1) is 9.06. The third-order valence-corrected chi connectivity index (χ3v) is 2.62. The van der Waals surface area contributed by atoms with Crippen molar-refractivity contribution in [1.29, 1.82) is 5.26 Å². The minimum Gasteiger partial charge on any atom is -0.313 e. The number of nitrogens with zero attached hydrogens (tertiary/aromatic N) is 2. The molecule has 2 aromatic rings. The number of ketones is 1. The second-order valence-electron chi connectivity index (χ2n) is 3.83. The first-order valence-corrected chi connectivity index (χ1v) is 5.41. The van der Waals surface area contributed by atoms with E-state index in [1.165, 1.54) is 19.1 Å². The average molecular weight is 255 g/mol. The lowest BCUT2D eigenvalue weighted by molar-refractivity contribution is 0.101. The maximum Gasteiger partial charge on any atom is 0.333 e. The Balaban J connectivity index is 2.88. The van der Waals surface area contributed by atoms with E-state index in [1.807, 2.05) is 6.07 Å². The summed E-state index contributed by atoms with van der Waals surface area (Å²) in [6.07, 6.45) is 1.08. The lowest BCUT2D eigenvalue weighted by Crippen LogP contribution is -2.36. The van der Waals surface area contributed by atoms with Crippen molar-refractivity contribution in [2.45, 2.75) is 6.92 Å². The summed E-state index contributed by atoms with van der Waals surface area (Å²) in [5.41, 5.74) is -1.24. The Morgan fingerprint density at radius 1 is 1.32 bits per heavy atom. The van der Waals surface area contributed by atoms with Crippen molar-refractivity contribution in [1.82, 2.24) is 9.55 Å². The number of hydrogen-bond donors (Lipinski definition) is 1. The molecule has 0 fully saturated rings. The van der Waals surface area contributed by atoms with E-state index >= 15 is 0 Å². The highest BCUT2D eigenvalue weighted by Crippen LogP contribution is 2.09. The highest BCUT2D eigenvalue weighted by atomic mass is 16.2. The second kappa shape index (κ2) is 4.74. The van der Waals surface area contributed by atoms with Gasteiger partial charge in [0, 0.05) is 6.20 Å². The first kappa shape index (κ1) is 12.5. The molecule has 94 valence electrons. The fraction of sp³-hybridized carbons (Fsp3) is 0.0769. The van der Waals surface area contributed by atoms with Gasteiger partial charge in [0.2, 0.25) is 0 Å².